The molecule has 1 unspecified atom stereocenters. The van der Waals surface area contributed by atoms with Crippen molar-refractivity contribution in [1.82, 2.24) is 0 Å². The molecular formula is C13H16F2N2O4. The number of halogens is 2. The van der Waals surface area contributed by atoms with E-state index in [1.807, 2.05) is 0 Å². The second-order valence-electron chi connectivity index (χ2n) is 4.87. The molecule has 2 rings (SSSR count). The Kier molecular flexibility index (Phi) is 4.69. The summed E-state index contributed by atoms with van der Waals surface area (Å²) >= 11 is 0. The van der Waals surface area contributed by atoms with Crippen LogP contribution in [0.15, 0.2) is 18.2 Å². The number of non-ortho nitro benzene ring substituents is 1. The van der Waals surface area contributed by atoms with E-state index in [1.54, 1.807) is 7.11 Å². The number of rotatable bonds is 6. The van der Waals surface area contributed by atoms with E-state index in [-0.39, 0.29) is 11.4 Å². The second-order valence-corrected chi connectivity index (χ2v) is 4.87. The van der Waals surface area contributed by atoms with Crippen LogP contribution in [0, 0.1) is 10.1 Å². The topological polar surface area (TPSA) is 73.6 Å². The number of nitrogens with zero attached hydrogens (tertiary/aromatic N) is 1. The van der Waals surface area contributed by atoms with E-state index in [1.165, 1.54) is 12.1 Å². The third-order valence-corrected chi connectivity index (χ3v) is 3.58. The molecule has 1 aliphatic rings. The first-order valence-corrected chi connectivity index (χ1v) is 6.41. The Labute approximate surface area is 120 Å². The van der Waals surface area contributed by atoms with E-state index < -0.39 is 22.5 Å². The minimum Gasteiger partial charge on any atom is -0.382 e. The van der Waals surface area contributed by atoms with Crippen molar-refractivity contribution in [2.24, 2.45) is 0 Å². The monoisotopic (exact) mass is 302 g/mol. The Morgan fingerprint density at radius 2 is 2.33 bits per heavy atom. The van der Waals surface area contributed by atoms with Crippen molar-refractivity contribution in [3.63, 3.8) is 0 Å². The van der Waals surface area contributed by atoms with Crippen LogP contribution in [0.3, 0.4) is 0 Å². The smallest absolute Gasteiger partial charge is 0.270 e. The maximum absolute atomic E-state index is 13.0. The summed E-state index contributed by atoms with van der Waals surface area (Å²) in [6.07, 6.45) is -2.14. The van der Waals surface area contributed by atoms with Gasteiger partial charge in [0.25, 0.3) is 12.1 Å². The third kappa shape index (κ3) is 3.45. The summed E-state index contributed by atoms with van der Waals surface area (Å²) in [5.41, 5.74) is -1.14. The van der Waals surface area contributed by atoms with Gasteiger partial charge in [-0.2, -0.15) is 0 Å². The highest BCUT2D eigenvalue weighted by Crippen LogP contribution is 2.32. The summed E-state index contributed by atoms with van der Waals surface area (Å²) in [5.74, 6) is 0. The molecule has 1 atom stereocenters. The second kappa shape index (κ2) is 6.31. The van der Waals surface area contributed by atoms with Crippen LogP contribution in [-0.4, -0.2) is 37.4 Å². The van der Waals surface area contributed by atoms with Crippen molar-refractivity contribution in [1.29, 1.82) is 0 Å². The molecule has 0 amide bonds. The van der Waals surface area contributed by atoms with Crippen LogP contribution in [0.25, 0.3) is 0 Å². The highest BCUT2D eigenvalue weighted by Gasteiger charge is 2.35. The summed E-state index contributed by atoms with van der Waals surface area (Å²) in [6.45, 7) is 1.23. The molecule has 1 N–H and O–H groups in total. The van der Waals surface area contributed by atoms with E-state index in [4.69, 9.17) is 9.47 Å². The van der Waals surface area contributed by atoms with Gasteiger partial charge in [-0.1, -0.05) is 0 Å². The third-order valence-electron chi connectivity index (χ3n) is 3.58. The first-order valence-electron chi connectivity index (χ1n) is 6.41. The molecule has 1 fully saturated rings. The Morgan fingerprint density at radius 3 is 2.86 bits per heavy atom. The molecule has 1 aromatic rings. The zero-order valence-corrected chi connectivity index (χ0v) is 11.5. The van der Waals surface area contributed by atoms with Crippen molar-refractivity contribution in [3.8, 4) is 0 Å². The van der Waals surface area contributed by atoms with Crippen LogP contribution in [0.4, 0.5) is 20.2 Å². The number of nitrogens with one attached hydrogen (secondary N) is 1. The molecule has 0 saturated carbocycles. The summed E-state index contributed by atoms with van der Waals surface area (Å²) in [7, 11) is 1.54. The molecule has 1 saturated heterocycles. The van der Waals surface area contributed by atoms with Crippen molar-refractivity contribution in [2.45, 2.75) is 18.4 Å². The maximum atomic E-state index is 13.0. The zero-order valence-electron chi connectivity index (χ0n) is 11.5. The SMILES string of the molecule is COC1(CNc2ccc([N+](=O)[O-])cc2C(F)F)CCOC1. The van der Waals surface area contributed by atoms with Crippen LogP contribution >= 0.6 is 0 Å². The molecule has 8 heteroatoms. The van der Waals surface area contributed by atoms with Gasteiger partial charge in [0.2, 0.25) is 0 Å². The van der Waals surface area contributed by atoms with Crippen molar-refractivity contribution < 1.29 is 23.2 Å². The van der Waals surface area contributed by atoms with Crippen LogP contribution in [0.2, 0.25) is 0 Å². The number of hydrogen-bond acceptors (Lipinski definition) is 5. The van der Waals surface area contributed by atoms with E-state index in [0.717, 1.165) is 6.07 Å². The number of nitro groups is 1. The number of ether oxygens (including phenoxy) is 2. The Bertz CT molecular complexity index is 519. The number of benzene rings is 1. The highest BCUT2D eigenvalue weighted by atomic mass is 19.3. The lowest BCUT2D eigenvalue weighted by Gasteiger charge is -2.27. The van der Waals surface area contributed by atoms with E-state index in [9.17, 15) is 18.9 Å². The van der Waals surface area contributed by atoms with Gasteiger partial charge in [-0.15, -0.1) is 0 Å². The quantitative estimate of drug-likeness (QED) is 0.646. The number of methoxy groups -OCH3 is 1. The van der Waals surface area contributed by atoms with Gasteiger partial charge in [0, 0.05) is 50.1 Å². The minimum absolute atomic E-state index is 0.166. The normalized spacial score (nSPS) is 21.7. The number of anilines is 1. The largest absolute Gasteiger partial charge is 0.382 e. The van der Waals surface area contributed by atoms with Gasteiger partial charge in [0.05, 0.1) is 11.5 Å². The first kappa shape index (κ1) is 15.6. The van der Waals surface area contributed by atoms with Gasteiger partial charge in [-0.25, -0.2) is 8.78 Å². The van der Waals surface area contributed by atoms with E-state index in [2.05, 4.69) is 5.32 Å². The van der Waals surface area contributed by atoms with Crippen LogP contribution in [0.1, 0.15) is 18.4 Å². The lowest BCUT2D eigenvalue weighted by atomic mass is 10.0. The standard InChI is InChI=1S/C13H16F2N2O4/c1-20-13(4-5-21-8-13)7-16-11-3-2-9(17(18)19)6-10(11)12(14)15/h2-3,6,12,16H,4-5,7-8H2,1H3. The number of alkyl halides is 2. The zero-order chi connectivity index (χ0) is 15.5. The molecule has 0 aliphatic carbocycles. The molecule has 0 radical (unpaired) electrons. The van der Waals surface area contributed by atoms with Crippen LogP contribution < -0.4 is 5.32 Å². The molecule has 0 bridgehead atoms. The molecule has 0 aromatic heterocycles. The predicted octanol–water partition coefficient (Wildman–Crippen LogP) is 2.75. The average Bonchev–Trinajstić information content (AvgIpc) is 2.94. The first-order chi connectivity index (χ1) is 9.97. The fraction of sp³-hybridized carbons (Fsp3) is 0.538. The molecule has 6 nitrogen and oxygen atoms in total. The van der Waals surface area contributed by atoms with Crippen molar-refractivity contribution in [2.75, 3.05) is 32.2 Å². The minimum atomic E-state index is -2.80. The summed E-state index contributed by atoms with van der Waals surface area (Å²) in [5, 5.41) is 13.5. The summed E-state index contributed by atoms with van der Waals surface area (Å²) in [4.78, 5) is 9.96. The summed E-state index contributed by atoms with van der Waals surface area (Å²) in [6, 6.07) is 3.37. The maximum Gasteiger partial charge on any atom is 0.270 e. The van der Waals surface area contributed by atoms with E-state index in [0.29, 0.717) is 26.2 Å². The van der Waals surface area contributed by atoms with Gasteiger partial charge >= 0.3 is 0 Å². The van der Waals surface area contributed by atoms with Gasteiger partial charge in [-0.05, 0) is 6.07 Å². The average molecular weight is 302 g/mol. The lowest BCUT2D eigenvalue weighted by Crippen LogP contribution is -2.39. The Hall–Kier alpha value is -1.80. The van der Waals surface area contributed by atoms with Gasteiger partial charge < -0.3 is 14.8 Å². The lowest BCUT2D eigenvalue weighted by molar-refractivity contribution is -0.385. The number of hydrogen-bond donors (Lipinski definition) is 1. The van der Waals surface area contributed by atoms with Gasteiger partial charge in [-0.3, -0.25) is 10.1 Å². The molecule has 21 heavy (non-hydrogen) atoms. The van der Waals surface area contributed by atoms with Crippen LogP contribution in [-0.2, 0) is 9.47 Å². The van der Waals surface area contributed by atoms with Crippen LogP contribution in [0.5, 0.6) is 0 Å². The van der Waals surface area contributed by atoms with Gasteiger partial charge in [0.15, 0.2) is 0 Å². The molecule has 1 aromatic carbocycles. The summed E-state index contributed by atoms with van der Waals surface area (Å²) < 4.78 is 36.7. The predicted molar refractivity (Wildman–Crippen MR) is 71.7 cm³/mol. The molecule has 116 valence electrons. The van der Waals surface area contributed by atoms with Crippen molar-refractivity contribution in [3.05, 3.63) is 33.9 Å². The van der Waals surface area contributed by atoms with Crippen molar-refractivity contribution >= 4 is 11.4 Å². The molecule has 0 spiro atoms. The Morgan fingerprint density at radius 1 is 1.57 bits per heavy atom. The van der Waals surface area contributed by atoms with E-state index >= 15 is 0 Å². The highest BCUT2D eigenvalue weighted by molar-refractivity contribution is 5.56. The fourth-order valence-electron chi connectivity index (χ4n) is 2.22. The van der Waals surface area contributed by atoms with Gasteiger partial charge in [0.1, 0.15) is 5.60 Å². The number of nitro benzene ring substituents is 1. The molecule has 1 aliphatic heterocycles. The fourth-order valence-corrected chi connectivity index (χ4v) is 2.22. The molecule has 1 heterocycles. The Balaban J connectivity index is 2.17. The molecular weight excluding hydrogens is 286 g/mol.